The number of hydrogen-bond donors (Lipinski definition) is 1. The number of carbonyl (C=O) groups is 1. The molecule has 2 rings (SSSR count). The van der Waals surface area contributed by atoms with Crippen molar-refractivity contribution in [1.82, 2.24) is 15.1 Å². The summed E-state index contributed by atoms with van der Waals surface area (Å²) in [5, 5.41) is 7.47. The summed E-state index contributed by atoms with van der Waals surface area (Å²) in [5.41, 5.74) is 2.89. The molecule has 1 amide bonds. The lowest BCUT2D eigenvalue weighted by Crippen LogP contribution is -2.28. The Hall–Kier alpha value is -2.17. The molecule has 4 nitrogen and oxygen atoms in total. The normalized spacial score (nSPS) is 11.3. The molecule has 1 N–H and O–H groups in total. The van der Waals surface area contributed by atoms with Crippen LogP contribution < -0.4 is 5.32 Å². The molecule has 23 heavy (non-hydrogen) atoms. The van der Waals surface area contributed by atoms with Crippen LogP contribution in [0.1, 0.15) is 55.4 Å². The SMILES string of the molecule is Cc1nn(-c2ccc(F)cc2)c(C(C)C)c1C(=O)NCC(C)C. The predicted octanol–water partition coefficient (Wildman–Crippen LogP) is 3.83. The fraction of sp³-hybridized carbons (Fsp3) is 0.444. The summed E-state index contributed by atoms with van der Waals surface area (Å²) in [7, 11) is 0. The zero-order valence-electron chi connectivity index (χ0n) is 14.4. The smallest absolute Gasteiger partial charge is 0.255 e. The third-order valence-corrected chi connectivity index (χ3v) is 3.61. The molecule has 0 saturated heterocycles. The number of aromatic nitrogens is 2. The highest BCUT2D eigenvalue weighted by Gasteiger charge is 2.24. The quantitative estimate of drug-likeness (QED) is 0.911. The number of carbonyl (C=O) groups excluding carboxylic acids is 1. The van der Waals surface area contributed by atoms with Gasteiger partial charge in [-0.15, -0.1) is 0 Å². The van der Waals surface area contributed by atoms with Gasteiger partial charge in [-0.25, -0.2) is 9.07 Å². The molecule has 0 spiro atoms. The van der Waals surface area contributed by atoms with E-state index in [1.807, 2.05) is 20.8 Å². The third-order valence-electron chi connectivity index (χ3n) is 3.61. The summed E-state index contributed by atoms with van der Waals surface area (Å²) in [6.07, 6.45) is 0. The van der Waals surface area contributed by atoms with Crippen molar-refractivity contribution in [2.24, 2.45) is 5.92 Å². The molecule has 124 valence electrons. The Bertz CT molecular complexity index is 687. The van der Waals surface area contributed by atoms with Gasteiger partial charge in [0.1, 0.15) is 5.82 Å². The van der Waals surface area contributed by atoms with Gasteiger partial charge in [0, 0.05) is 6.54 Å². The zero-order chi connectivity index (χ0) is 17.1. The summed E-state index contributed by atoms with van der Waals surface area (Å²) in [6.45, 7) is 10.6. The standard InChI is InChI=1S/C18H24FN3O/c1-11(2)10-20-18(23)16-13(5)21-22(17(16)12(3)4)15-8-6-14(19)7-9-15/h6-9,11-12H,10H2,1-5H3,(H,20,23). The van der Waals surface area contributed by atoms with Crippen LogP contribution in [0.5, 0.6) is 0 Å². The predicted molar refractivity (Wildman–Crippen MR) is 89.5 cm³/mol. The topological polar surface area (TPSA) is 46.9 Å². The molecule has 2 aromatic rings. The summed E-state index contributed by atoms with van der Waals surface area (Å²) < 4.78 is 14.9. The van der Waals surface area contributed by atoms with Crippen LogP contribution in [-0.4, -0.2) is 22.2 Å². The molecule has 1 aromatic carbocycles. The average molecular weight is 317 g/mol. The Labute approximate surface area is 136 Å². The van der Waals surface area contributed by atoms with Crippen LogP contribution in [0.25, 0.3) is 5.69 Å². The fourth-order valence-electron chi connectivity index (χ4n) is 2.52. The van der Waals surface area contributed by atoms with Crippen LogP contribution in [0.3, 0.4) is 0 Å². The van der Waals surface area contributed by atoms with Crippen LogP contribution in [0.2, 0.25) is 0 Å². The molecule has 0 radical (unpaired) electrons. The van der Waals surface area contributed by atoms with E-state index in [2.05, 4.69) is 24.3 Å². The average Bonchev–Trinajstić information content (AvgIpc) is 2.83. The van der Waals surface area contributed by atoms with Gasteiger partial charge in [-0.1, -0.05) is 27.7 Å². The lowest BCUT2D eigenvalue weighted by atomic mass is 10.0. The molecule has 0 aliphatic rings. The maximum Gasteiger partial charge on any atom is 0.255 e. The van der Waals surface area contributed by atoms with Gasteiger partial charge in [0.05, 0.1) is 22.6 Å². The van der Waals surface area contributed by atoms with Crippen LogP contribution >= 0.6 is 0 Å². The second-order valence-electron chi connectivity index (χ2n) is 6.49. The Kier molecular flexibility index (Phi) is 5.19. The highest BCUT2D eigenvalue weighted by molar-refractivity contribution is 5.96. The van der Waals surface area contributed by atoms with Gasteiger partial charge >= 0.3 is 0 Å². The molecule has 0 bridgehead atoms. The maximum atomic E-state index is 13.2. The summed E-state index contributed by atoms with van der Waals surface area (Å²) in [6, 6.07) is 6.14. The van der Waals surface area contributed by atoms with E-state index >= 15 is 0 Å². The Morgan fingerprint density at radius 2 is 1.83 bits per heavy atom. The van der Waals surface area contributed by atoms with E-state index in [1.165, 1.54) is 12.1 Å². The number of hydrogen-bond acceptors (Lipinski definition) is 2. The minimum absolute atomic E-state index is 0.103. The van der Waals surface area contributed by atoms with Gasteiger partial charge in [0.25, 0.3) is 5.91 Å². The fourth-order valence-corrected chi connectivity index (χ4v) is 2.52. The van der Waals surface area contributed by atoms with Crippen molar-refractivity contribution in [1.29, 1.82) is 0 Å². The molecule has 0 unspecified atom stereocenters. The lowest BCUT2D eigenvalue weighted by Gasteiger charge is -2.13. The summed E-state index contributed by atoms with van der Waals surface area (Å²) in [4.78, 5) is 12.6. The number of amides is 1. The number of rotatable bonds is 5. The van der Waals surface area contributed by atoms with Crippen molar-refractivity contribution in [2.75, 3.05) is 6.54 Å². The van der Waals surface area contributed by atoms with Gasteiger partial charge in [-0.05, 0) is 43.0 Å². The van der Waals surface area contributed by atoms with Gasteiger partial charge in [0.15, 0.2) is 0 Å². The molecule has 5 heteroatoms. The second kappa shape index (κ2) is 6.94. The number of halogens is 1. The van der Waals surface area contributed by atoms with E-state index in [0.29, 0.717) is 23.7 Å². The van der Waals surface area contributed by atoms with Gasteiger partial charge < -0.3 is 5.32 Å². The molecule has 1 heterocycles. The van der Waals surface area contributed by atoms with E-state index in [1.54, 1.807) is 16.8 Å². The van der Waals surface area contributed by atoms with Crippen molar-refractivity contribution in [3.05, 3.63) is 47.0 Å². The first-order valence-corrected chi connectivity index (χ1v) is 7.95. The Morgan fingerprint density at radius 3 is 2.35 bits per heavy atom. The Balaban J connectivity index is 2.47. The van der Waals surface area contributed by atoms with E-state index in [4.69, 9.17) is 0 Å². The molecule has 0 fully saturated rings. The van der Waals surface area contributed by atoms with E-state index < -0.39 is 0 Å². The van der Waals surface area contributed by atoms with E-state index in [0.717, 1.165) is 11.4 Å². The maximum absolute atomic E-state index is 13.2. The Morgan fingerprint density at radius 1 is 1.22 bits per heavy atom. The monoisotopic (exact) mass is 317 g/mol. The molecular weight excluding hydrogens is 293 g/mol. The highest BCUT2D eigenvalue weighted by atomic mass is 19.1. The third kappa shape index (κ3) is 3.78. The van der Waals surface area contributed by atoms with E-state index in [-0.39, 0.29) is 17.6 Å². The van der Waals surface area contributed by atoms with Crippen molar-refractivity contribution in [3.8, 4) is 5.69 Å². The molecule has 0 aliphatic heterocycles. The lowest BCUT2D eigenvalue weighted by molar-refractivity contribution is 0.0947. The van der Waals surface area contributed by atoms with Crippen LogP contribution in [-0.2, 0) is 0 Å². The van der Waals surface area contributed by atoms with E-state index in [9.17, 15) is 9.18 Å². The number of nitrogens with one attached hydrogen (secondary N) is 1. The minimum Gasteiger partial charge on any atom is -0.352 e. The van der Waals surface area contributed by atoms with Gasteiger partial charge in [0.2, 0.25) is 0 Å². The molecule has 1 aromatic heterocycles. The van der Waals surface area contributed by atoms with Crippen molar-refractivity contribution in [2.45, 2.75) is 40.5 Å². The first kappa shape index (κ1) is 17.2. The highest BCUT2D eigenvalue weighted by Crippen LogP contribution is 2.26. The number of aryl methyl sites for hydroxylation is 1. The summed E-state index contributed by atoms with van der Waals surface area (Å²) >= 11 is 0. The van der Waals surface area contributed by atoms with Crippen LogP contribution in [0.4, 0.5) is 4.39 Å². The van der Waals surface area contributed by atoms with Gasteiger partial charge in [-0.3, -0.25) is 4.79 Å². The number of benzene rings is 1. The van der Waals surface area contributed by atoms with Gasteiger partial charge in [-0.2, -0.15) is 5.10 Å². The summed E-state index contributed by atoms with van der Waals surface area (Å²) in [5.74, 6) is 0.0989. The minimum atomic E-state index is -0.293. The van der Waals surface area contributed by atoms with Crippen molar-refractivity contribution in [3.63, 3.8) is 0 Å². The second-order valence-corrected chi connectivity index (χ2v) is 6.49. The first-order valence-electron chi connectivity index (χ1n) is 7.95. The first-order chi connectivity index (χ1) is 10.8. The molecule has 0 atom stereocenters. The largest absolute Gasteiger partial charge is 0.352 e. The number of nitrogens with zero attached hydrogens (tertiary/aromatic N) is 2. The van der Waals surface area contributed by atoms with Crippen LogP contribution in [0.15, 0.2) is 24.3 Å². The van der Waals surface area contributed by atoms with Crippen LogP contribution in [0, 0.1) is 18.7 Å². The molecular formula is C18H24FN3O. The molecule has 0 aliphatic carbocycles. The zero-order valence-corrected chi connectivity index (χ0v) is 14.4. The van der Waals surface area contributed by atoms with Crippen molar-refractivity contribution >= 4 is 5.91 Å². The molecule has 0 saturated carbocycles. The van der Waals surface area contributed by atoms with Crippen molar-refractivity contribution < 1.29 is 9.18 Å².